The van der Waals surface area contributed by atoms with Crippen molar-refractivity contribution in [1.29, 1.82) is 0 Å². The summed E-state index contributed by atoms with van der Waals surface area (Å²) in [5.41, 5.74) is 1.93. The average molecular weight is 160 g/mol. The Morgan fingerprint density at radius 1 is 1.42 bits per heavy atom. The van der Waals surface area contributed by atoms with Gasteiger partial charge in [-0.3, -0.25) is 4.79 Å². The second-order valence-electron chi connectivity index (χ2n) is 2.74. The van der Waals surface area contributed by atoms with E-state index in [2.05, 4.69) is 11.8 Å². The first-order chi connectivity index (χ1) is 5.88. The Labute approximate surface area is 73.2 Å². The highest BCUT2D eigenvalue weighted by molar-refractivity contribution is 5.77. The molecule has 0 aromatic rings. The van der Waals surface area contributed by atoms with E-state index in [1.807, 2.05) is 13.0 Å². The molecule has 0 radical (unpaired) electrons. The minimum atomic E-state index is 0.895. The zero-order chi connectivity index (χ0) is 8.81. The van der Waals surface area contributed by atoms with Crippen LogP contribution >= 0.6 is 0 Å². The SMILES string of the molecule is CC=CC#CC1=C(C=O)CCC1. The molecule has 1 nitrogen and oxygen atoms in total. The van der Waals surface area contributed by atoms with Gasteiger partial charge >= 0.3 is 0 Å². The Morgan fingerprint density at radius 2 is 2.25 bits per heavy atom. The lowest BCUT2D eigenvalue weighted by Crippen LogP contribution is -1.81. The predicted molar refractivity (Wildman–Crippen MR) is 49.5 cm³/mol. The molecule has 0 spiro atoms. The largest absolute Gasteiger partial charge is 0.298 e. The number of hydrogen-bond donors (Lipinski definition) is 0. The van der Waals surface area contributed by atoms with Crippen molar-refractivity contribution in [1.82, 2.24) is 0 Å². The maximum Gasteiger partial charge on any atom is 0.146 e. The summed E-state index contributed by atoms with van der Waals surface area (Å²) in [6.07, 6.45) is 7.58. The molecule has 62 valence electrons. The standard InChI is InChI=1S/C11H12O/c1-2-3-4-6-10-7-5-8-11(10)9-12/h2-3,9H,5,7-8H2,1H3. The zero-order valence-electron chi connectivity index (χ0n) is 7.26. The first kappa shape index (κ1) is 8.80. The van der Waals surface area contributed by atoms with Crippen LogP contribution in [-0.4, -0.2) is 6.29 Å². The first-order valence-corrected chi connectivity index (χ1v) is 4.18. The van der Waals surface area contributed by atoms with E-state index in [4.69, 9.17) is 0 Å². The number of allylic oxidation sites excluding steroid dienone is 4. The molecule has 1 aliphatic carbocycles. The van der Waals surface area contributed by atoms with Gasteiger partial charge in [-0.1, -0.05) is 17.9 Å². The van der Waals surface area contributed by atoms with E-state index in [9.17, 15) is 4.79 Å². The van der Waals surface area contributed by atoms with Crippen LogP contribution in [0.25, 0.3) is 0 Å². The van der Waals surface area contributed by atoms with E-state index in [1.54, 1.807) is 6.08 Å². The Bertz CT molecular complexity index is 284. The van der Waals surface area contributed by atoms with Crippen molar-refractivity contribution in [3.8, 4) is 11.8 Å². The molecule has 0 N–H and O–H groups in total. The third-order valence-electron chi connectivity index (χ3n) is 1.88. The highest BCUT2D eigenvalue weighted by Gasteiger charge is 2.10. The van der Waals surface area contributed by atoms with Crippen molar-refractivity contribution in [3.05, 3.63) is 23.3 Å². The van der Waals surface area contributed by atoms with Crippen LogP contribution in [-0.2, 0) is 4.79 Å². The lowest BCUT2D eigenvalue weighted by atomic mass is 10.2. The van der Waals surface area contributed by atoms with Crippen LogP contribution in [0.1, 0.15) is 26.2 Å². The van der Waals surface area contributed by atoms with Crippen LogP contribution in [0.3, 0.4) is 0 Å². The fourth-order valence-corrected chi connectivity index (χ4v) is 1.25. The van der Waals surface area contributed by atoms with Crippen molar-refractivity contribution < 1.29 is 4.79 Å². The van der Waals surface area contributed by atoms with Crippen molar-refractivity contribution in [2.24, 2.45) is 0 Å². The molecule has 1 heteroatoms. The smallest absolute Gasteiger partial charge is 0.146 e. The van der Waals surface area contributed by atoms with Crippen LogP contribution < -0.4 is 0 Å². The molecule has 12 heavy (non-hydrogen) atoms. The van der Waals surface area contributed by atoms with Gasteiger partial charge in [-0.2, -0.15) is 0 Å². The molecular weight excluding hydrogens is 148 g/mol. The Balaban J connectivity index is 2.75. The second kappa shape index (κ2) is 4.56. The number of carbonyl (C=O) groups excluding carboxylic acids is 1. The number of rotatable bonds is 1. The van der Waals surface area contributed by atoms with Gasteiger partial charge in [-0.15, -0.1) is 0 Å². The normalized spacial score (nSPS) is 16.4. The van der Waals surface area contributed by atoms with Gasteiger partial charge < -0.3 is 0 Å². The fraction of sp³-hybridized carbons (Fsp3) is 0.364. The fourth-order valence-electron chi connectivity index (χ4n) is 1.25. The minimum Gasteiger partial charge on any atom is -0.298 e. The van der Waals surface area contributed by atoms with E-state index < -0.39 is 0 Å². The Hall–Kier alpha value is -1.29. The highest BCUT2D eigenvalue weighted by Crippen LogP contribution is 2.23. The van der Waals surface area contributed by atoms with E-state index in [1.165, 1.54) is 0 Å². The number of carbonyl (C=O) groups is 1. The molecule has 0 amide bonds. The molecule has 0 aromatic carbocycles. The van der Waals surface area contributed by atoms with Gasteiger partial charge in [0.05, 0.1) is 0 Å². The maximum absolute atomic E-state index is 10.5. The van der Waals surface area contributed by atoms with E-state index >= 15 is 0 Å². The Kier molecular flexibility index (Phi) is 3.35. The lowest BCUT2D eigenvalue weighted by molar-refractivity contribution is -0.105. The summed E-state index contributed by atoms with van der Waals surface area (Å²) < 4.78 is 0. The molecule has 0 saturated heterocycles. The lowest BCUT2D eigenvalue weighted by Gasteiger charge is -1.87. The van der Waals surface area contributed by atoms with Crippen molar-refractivity contribution in [2.75, 3.05) is 0 Å². The van der Waals surface area contributed by atoms with Crippen LogP contribution in [0.15, 0.2) is 23.3 Å². The molecule has 0 unspecified atom stereocenters. The van der Waals surface area contributed by atoms with Gasteiger partial charge in [0, 0.05) is 11.1 Å². The van der Waals surface area contributed by atoms with Crippen molar-refractivity contribution >= 4 is 6.29 Å². The summed E-state index contributed by atoms with van der Waals surface area (Å²) in [7, 11) is 0. The van der Waals surface area contributed by atoms with Gasteiger partial charge in [0.15, 0.2) is 0 Å². The van der Waals surface area contributed by atoms with Gasteiger partial charge in [-0.25, -0.2) is 0 Å². The van der Waals surface area contributed by atoms with Gasteiger partial charge in [-0.05, 0) is 32.3 Å². The molecule has 0 aliphatic heterocycles. The summed E-state index contributed by atoms with van der Waals surface area (Å²) >= 11 is 0. The maximum atomic E-state index is 10.5. The molecule has 0 fully saturated rings. The van der Waals surface area contributed by atoms with E-state index in [0.29, 0.717) is 0 Å². The predicted octanol–water partition coefficient (Wildman–Crippen LogP) is 2.25. The van der Waals surface area contributed by atoms with Crippen LogP contribution in [0.2, 0.25) is 0 Å². The monoisotopic (exact) mass is 160 g/mol. The van der Waals surface area contributed by atoms with E-state index in [-0.39, 0.29) is 0 Å². The van der Waals surface area contributed by atoms with Gasteiger partial charge in [0.2, 0.25) is 0 Å². The van der Waals surface area contributed by atoms with Crippen LogP contribution in [0.5, 0.6) is 0 Å². The van der Waals surface area contributed by atoms with Crippen LogP contribution in [0, 0.1) is 11.8 Å². The third-order valence-corrected chi connectivity index (χ3v) is 1.88. The molecule has 1 aliphatic rings. The zero-order valence-corrected chi connectivity index (χ0v) is 7.26. The highest BCUT2D eigenvalue weighted by atomic mass is 16.1. The summed E-state index contributed by atoms with van der Waals surface area (Å²) in [4.78, 5) is 10.5. The van der Waals surface area contributed by atoms with Crippen LogP contribution in [0.4, 0.5) is 0 Å². The first-order valence-electron chi connectivity index (χ1n) is 4.18. The molecule has 0 heterocycles. The summed E-state index contributed by atoms with van der Waals surface area (Å²) in [5.74, 6) is 5.89. The summed E-state index contributed by atoms with van der Waals surface area (Å²) in [5, 5.41) is 0. The molecular formula is C11H12O. The second-order valence-corrected chi connectivity index (χ2v) is 2.74. The summed E-state index contributed by atoms with van der Waals surface area (Å²) in [6, 6.07) is 0. The molecule has 0 bridgehead atoms. The number of hydrogen-bond acceptors (Lipinski definition) is 1. The Morgan fingerprint density at radius 3 is 2.92 bits per heavy atom. The molecule has 0 atom stereocenters. The van der Waals surface area contributed by atoms with Crippen molar-refractivity contribution in [3.63, 3.8) is 0 Å². The van der Waals surface area contributed by atoms with E-state index in [0.717, 1.165) is 36.7 Å². The minimum absolute atomic E-state index is 0.895. The van der Waals surface area contributed by atoms with Gasteiger partial charge in [0.1, 0.15) is 6.29 Å². The average Bonchev–Trinajstić information content (AvgIpc) is 2.52. The third kappa shape index (κ3) is 2.10. The van der Waals surface area contributed by atoms with Crippen molar-refractivity contribution in [2.45, 2.75) is 26.2 Å². The topological polar surface area (TPSA) is 17.1 Å². The quantitative estimate of drug-likeness (QED) is 0.424. The number of aldehydes is 1. The molecule has 0 saturated carbocycles. The molecule has 0 aromatic heterocycles. The molecule has 1 rings (SSSR count). The summed E-state index contributed by atoms with van der Waals surface area (Å²) in [6.45, 7) is 1.93. The van der Waals surface area contributed by atoms with Gasteiger partial charge in [0.25, 0.3) is 0 Å².